The van der Waals surface area contributed by atoms with Gasteiger partial charge in [0.2, 0.25) is 11.8 Å². The van der Waals surface area contributed by atoms with E-state index in [4.69, 9.17) is 0 Å². The normalized spacial score (nSPS) is 21.9. The van der Waals surface area contributed by atoms with Gasteiger partial charge in [-0.05, 0) is 25.7 Å². The molecule has 0 bridgehead atoms. The molecule has 2 heterocycles. The van der Waals surface area contributed by atoms with Crippen molar-refractivity contribution in [3.05, 3.63) is 0 Å². The second-order valence-electron chi connectivity index (χ2n) is 5.25. The Balaban J connectivity index is 1.78. The zero-order valence-electron chi connectivity index (χ0n) is 10.8. The molecule has 0 saturated carbocycles. The lowest BCUT2D eigenvalue weighted by molar-refractivity contribution is -0.137. The zero-order chi connectivity index (χ0) is 13.0. The first kappa shape index (κ1) is 13.3. The molecule has 18 heavy (non-hydrogen) atoms. The van der Waals surface area contributed by atoms with Crippen molar-refractivity contribution in [2.75, 3.05) is 26.2 Å². The highest BCUT2D eigenvalue weighted by Gasteiger charge is 2.24. The van der Waals surface area contributed by atoms with Crippen LogP contribution in [0, 0.1) is 0 Å². The smallest absolute Gasteiger partial charge is 0.222 e. The van der Waals surface area contributed by atoms with Crippen molar-refractivity contribution in [1.29, 1.82) is 0 Å². The van der Waals surface area contributed by atoms with Gasteiger partial charge in [-0.15, -0.1) is 0 Å². The first-order chi connectivity index (χ1) is 8.66. The molecule has 0 aromatic carbocycles. The summed E-state index contributed by atoms with van der Waals surface area (Å²) < 4.78 is 0. The van der Waals surface area contributed by atoms with Gasteiger partial charge in [0.15, 0.2) is 0 Å². The molecule has 102 valence electrons. The van der Waals surface area contributed by atoms with E-state index in [0.29, 0.717) is 25.9 Å². The summed E-state index contributed by atoms with van der Waals surface area (Å²) in [6.45, 7) is 2.21. The lowest BCUT2D eigenvalue weighted by Gasteiger charge is -2.32. The van der Waals surface area contributed by atoms with E-state index in [1.807, 2.05) is 0 Å². The largest absolute Gasteiger partial charge is 0.389 e. The Hall–Kier alpha value is -1.10. The molecule has 5 nitrogen and oxygen atoms in total. The third kappa shape index (κ3) is 3.45. The fraction of sp³-hybridized carbons (Fsp3) is 0.846. The van der Waals surface area contributed by atoms with Crippen LogP contribution in [-0.4, -0.2) is 59.0 Å². The average Bonchev–Trinajstić information content (AvgIpc) is 2.35. The first-order valence-electron chi connectivity index (χ1n) is 6.90. The van der Waals surface area contributed by atoms with Crippen molar-refractivity contribution in [3.8, 4) is 0 Å². The highest BCUT2D eigenvalue weighted by Crippen LogP contribution is 2.13. The van der Waals surface area contributed by atoms with E-state index in [9.17, 15) is 14.7 Å². The van der Waals surface area contributed by atoms with Gasteiger partial charge in [-0.3, -0.25) is 9.59 Å². The predicted octanol–water partition coefficient (Wildman–Crippen LogP) is 0.372. The molecular weight excluding hydrogens is 232 g/mol. The summed E-state index contributed by atoms with van der Waals surface area (Å²) in [4.78, 5) is 26.7. The monoisotopic (exact) mass is 254 g/mol. The Kier molecular flexibility index (Phi) is 4.58. The molecule has 0 unspecified atom stereocenters. The molecule has 2 aliphatic rings. The minimum absolute atomic E-state index is 0.130. The summed E-state index contributed by atoms with van der Waals surface area (Å²) in [6.07, 6.45) is 4.51. The minimum atomic E-state index is -0.617. The van der Waals surface area contributed by atoms with Crippen molar-refractivity contribution in [3.63, 3.8) is 0 Å². The molecule has 2 fully saturated rings. The van der Waals surface area contributed by atoms with E-state index in [2.05, 4.69) is 0 Å². The number of amides is 2. The summed E-state index contributed by atoms with van der Waals surface area (Å²) >= 11 is 0. The summed E-state index contributed by atoms with van der Waals surface area (Å²) in [5.41, 5.74) is 0. The van der Waals surface area contributed by atoms with Crippen LogP contribution >= 0.6 is 0 Å². The van der Waals surface area contributed by atoms with Gasteiger partial charge >= 0.3 is 0 Å². The lowest BCUT2D eigenvalue weighted by atomic mass is 10.1. The van der Waals surface area contributed by atoms with Gasteiger partial charge in [-0.2, -0.15) is 0 Å². The highest BCUT2D eigenvalue weighted by molar-refractivity contribution is 5.77. The molecular formula is C13H22N2O3. The standard InChI is InChI=1S/C13H22N2O3/c16-11(9-14-7-3-1-5-12(14)17)10-15-8-4-2-6-13(15)18/h11,16H,1-10H2. The highest BCUT2D eigenvalue weighted by atomic mass is 16.3. The molecule has 2 saturated heterocycles. The van der Waals surface area contributed by atoms with Crippen molar-refractivity contribution < 1.29 is 14.7 Å². The van der Waals surface area contributed by atoms with Crippen LogP contribution in [0.25, 0.3) is 0 Å². The Bertz CT molecular complexity index is 289. The Morgan fingerprint density at radius 2 is 1.33 bits per heavy atom. The molecule has 0 aromatic rings. The van der Waals surface area contributed by atoms with Crippen molar-refractivity contribution in [2.24, 2.45) is 0 Å². The van der Waals surface area contributed by atoms with E-state index in [1.54, 1.807) is 9.80 Å². The van der Waals surface area contributed by atoms with E-state index in [1.165, 1.54) is 0 Å². The molecule has 0 spiro atoms. The third-order valence-electron chi connectivity index (χ3n) is 3.71. The summed E-state index contributed by atoms with van der Waals surface area (Å²) in [7, 11) is 0. The SMILES string of the molecule is O=C1CCCCN1CC(O)CN1CCCCC1=O. The molecule has 5 heteroatoms. The van der Waals surface area contributed by atoms with Gasteiger partial charge in [0.05, 0.1) is 6.10 Å². The molecule has 2 rings (SSSR count). The Labute approximate surface area is 108 Å². The van der Waals surface area contributed by atoms with Gasteiger partial charge in [0.25, 0.3) is 0 Å². The summed E-state index contributed by atoms with van der Waals surface area (Å²) in [5.74, 6) is 0.260. The summed E-state index contributed by atoms with van der Waals surface area (Å²) in [5, 5.41) is 10.0. The van der Waals surface area contributed by atoms with Crippen molar-refractivity contribution in [1.82, 2.24) is 9.80 Å². The van der Waals surface area contributed by atoms with E-state index >= 15 is 0 Å². The average molecular weight is 254 g/mol. The first-order valence-corrected chi connectivity index (χ1v) is 6.90. The second kappa shape index (κ2) is 6.18. The molecule has 0 aliphatic carbocycles. The van der Waals surface area contributed by atoms with E-state index < -0.39 is 6.10 Å². The maximum Gasteiger partial charge on any atom is 0.222 e. The number of carbonyl (C=O) groups excluding carboxylic acids is 2. The Morgan fingerprint density at radius 3 is 1.72 bits per heavy atom. The summed E-state index contributed by atoms with van der Waals surface area (Å²) in [6, 6.07) is 0. The maximum atomic E-state index is 11.6. The number of aliphatic hydroxyl groups excluding tert-OH is 1. The molecule has 0 radical (unpaired) electrons. The van der Waals surface area contributed by atoms with Crippen LogP contribution in [0.2, 0.25) is 0 Å². The second-order valence-corrected chi connectivity index (χ2v) is 5.25. The number of rotatable bonds is 4. The molecule has 2 aliphatic heterocycles. The maximum absolute atomic E-state index is 11.6. The van der Waals surface area contributed by atoms with Crippen LogP contribution < -0.4 is 0 Å². The van der Waals surface area contributed by atoms with E-state index in [0.717, 1.165) is 38.8 Å². The number of piperidine rings is 2. The van der Waals surface area contributed by atoms with Crippen LogP contribution in [0.15, 0.2) is 0 Å². The zero-order valence-corrected chi connectivity index (χ0v) is 10.8. The fourth-order valence-corrected chi connectivity index (χ4v) is 2.68. The lowest BCUT2D eigenvalue weighted by Crippen LogP contribution is -2.46. The van der Waals surface area contributed by atoms with Crippen molar-refractivity contribution in [2.45, 2.75) is 44.6 Å². The number of hydrogen-bond acceptors (Lipinski definition) is 3. The molecule has 2 amide bonds. The van der Waals surface area contributed by atoms with Gasteiger partial charge in [-0.1, -0.05) is 0 Å². The fourth-order valence-electron chi connectivity index (χ4n) is 2.68. The van der Waals surface area contributed by atoms with Crippen LogP contribution in [0.5, 0.6) is 0 Å². The van der Waals surface area contributed by atoms with Crippen LogP contribution in [0.3, 0.4) is 0 Å². The number of aliphatic hydroxyl groups is 1. The van der Waals surface area contributed by atoms with Gasteiger partial charge in [0, 0.05) is 39.0 Å². The van der Waals surface area contributed by atoms with Crippen molar-refractivity contribution >= 4 is 11.8 Å². The van der Waals surface area contributed by atoms with Gasteiger partial charge in [-0.25, -0.2) is 0 Å². The Morgan fingerprint density at radius 1 is 0.889 bits per heavy atom. The third-order valence-corrected chi connectivity index (χ3v) is 3.71. The number of β-amino-alcohol motifs (C(OH)–C–C–N with tert-alkyl or cyclic N) is 1. The number of hydrogen-bond donors (Lipinski definition) is 1. The molecule has 0 atom stereocenters. The van der Waals surface area contributed by atoms with Crippen LogP contribution in [0.1, 0.15) is 38.5 Å². The van der Waals surface area contributed by atoms with Gasteiger partial charge in [0.1, 0.15) is 0 Å². The quantitative estimate of drug-likeness (QED) is 0.788. The number of likely N-dealkylation sites (tertiary alicyclic amines) is 2. The van der Waals surface area contributed by atoms with Crippen LogP contribution in [0.4, 0.5) is 0 Å². The van der Waals surface area contributed by atoms with Crippen LogP contribution in [-0.2, 0) is 9.59 Å². The molecule has 1 N–H and O–H groups in total. The number of carbonyl (C=O) groups is 2. The number of nitrogens with zero attached hydrogens (tertiary/aromatic N) is 2. The minimum Gasteiger partial charge on any atom is -0.389 e. The topological polar surface area (TPSA) is 60.9 Å². The molecule has 0 aromatic heterocycles. The van der Waals surface area contributed by atoms with E-state index in [-0.39, 0.29) is 11.8 Å². The van der Waals surface area contributed by atoms with Gasteiger partial charge < -0.3 is 14.9 Å². The predicted molar refractivity (Wildman–Crippen MR) is 66.9 cm³/mol.